The largest absolute Gasteiger partial charge is 0.341 e. The number of likely N-dealkylation sites (N-methyl/N-ethyl adjacent to an activating group) is 1. The quantitative estimate of drug-likeness (QED) is 0.898. The second kappa shape index (κ2) is 8.32. The second-order valence-corrected chi connectivity index (χ2v) is 7.30. The van der Waals surface area contributed by atoms with E-state index in [0.717, 1.165) is 18.4 Å². The second-order valence-electron chi connectivity index (χ2n) is 7.30. The average molecular weight is 330 g/mol. The first kappa shape index (κ1) is 18.5. The molecule has 2 amide bonds. The highest BCUT2D eigenvalue weighted by Gasteiger charge is 2.31. The lowest BCUT2D eigenvalue weighted by Crippen LogP contribution is -2.53. The van der Waals surface area contributed by atoms with Crippen molar-refractivity contribution in [3.05, 3.63) is 35.4 Å². The van der Waals surface area contributed by atoms with Crippen LogP contribution in [-0.4, -0.2) is 35.8 Å². The highest BCUT2D eigenvalue weighted by Crippen LogP contribution is 2.23. The average Bonchev–Trinajstić information content (AvgIpc) is 2.59. The predicted octanol–water partition coefficient (Wildman–Crippen LogP) is 3.54. The number of hydrogen-bond donors (Lipinski definition) is 1. The zero-order valence-electron chi connectivity index (χ0n) is 15.3. The van der Waals surface area contributed by atoms with Crippen molar-refractivity contribution in [3.63, 3.8) is 0 Å². The maximum Gasteiger partial charge on any atom is 0.251 e. The third-order valence-electron chi connectivity index (χ3n) is 5.00. The van der Waals surface area contributed by atoms with Gasteiger partial charge >= 0.3 is 0 Å². The van der Waals surface area contributed by atoms with Gasteiger partial charge in [-0.25, -0.2) is 0 Å². The molecule has 0 spiro atoms. The van der Waals surface area contributed by atoms with Crippen molar-refractivity contribution < 1.29 is 9.59 Å². The van der Waals surface area contributed by atoms with Crippen molar-refractivity contribution in [3.8, 4) is 0 Å². The molecule has 0 radical (unpaired) electrons. The van der Waals surface area contributed by atoms with Crippen molar-refractivity contribution in [2.45, 2.75) is 65.0 Å². The van der Waals surface area contributed by atoms with Crippen LogP contribution in [0, 0.1) is 12.8 Å². The standard InChI is InChI=1S/C20H30N2O2/c1-14(2)18(20(24)22(4)17-8-6-5-7-9-17)21-19(23)16-12-10-15(3)11-13-16/h10-14,17-18H,5-9H2,1-4H3,(H,21,23). The molecule has 2 rings (SSSR count). The normalized spacial score (nSPS) is 16.7. The molecule has 1 aliphatic carbocycles. The summed E-state index contributed by atoms with van der Waals surface area (Å²) >= 11 is 0. The summed E-state index contributed by atoms with van der Waals surface area (Å²) in [5, 5.41) is 2.94. The Bertz CT molecular complexity index is 560. The first-order valence-electron chi connectivity index (χ1n) is 9.04. The number of rotatable bonds is 5. The molecule has 132 valence electrons. The summed E-state index contributed by atoms with van der Waals surface area (Å²) in [5.41, 5.74) is 1.71. The van der Waals surface area contributed by atoms with E-state index in [9.17, 15) is 9.59 Å². The first-order chi connectivity index (χ1) is 11.4. The minimum absolute atomic E-state index is 0.0253. The van der Waals surface area contributed by atoms with Crippen LogP contribution < -0.4 is 5.32 Å². The molecule has 1 unspecified atom stereocenters. The summed E-state index contributed by atoms with van der Waals surface area (Å²) in [6.07, 6.45) is 5.77. The van der Waals surface area contributed by atoms with E-state index in [-0.39, 0.29) is 17.7 Å². The van der Waals surface area contributed by atoms with E-state index in [1.54, 1.807) is 12.1 Å². The van der Waals surface area contributed by atoms with Crippen LogP contribution in [0.25, 0.3) is 0 Å². The van der Waals surface area contributed by atoms with E-state index in [1.165, 1.54) is 19.3 Å². The summed E-state index contributed by atoms with van der Waals surface area (Å²) in [6, 6.07) is 7.26. The van der Waals surface area contributed by atoms with Gasteiger partial charge in [0.2, 0.25) is 5.91 Å². The fourth-order valence-corrected chi connectivity index (χ4v) is 3.31. The number of benzene rings is 1. The highest BCUT2D eigenvalue weighted by atomic mass is 16.2. The number of aryl methyl sites for hydroxylation is 1. The molecule has 4 heteroatoms. The van der Waals surface area contributed by atoms with Gasteiger partial charge < -0.3 is 10.2 Å². The summed E-state index contributed by atoms with van der Waals surface area (Å²) < 4.78 is 0. The Labute approximate surface area is 145 Å². The Hall–Kier alpha value is -1.84. The molecular weight excluding hydrogens is 300 g/mol. The Morgan fingerprint density at radius 3 is 2.21 bits per heavy atom. The summed E-state index contributed by atoms with van der Waals surface area (Å²) in [4.78, 5) is 27.3. The molecule has 0 aromatic heterocycles. The Balaban J connectivity index is 2.06. The zero-order chi connectivity index (χ0) is 17.7. The minimum Gasteiger partial charge on any atom is -0.341 e. The van der Waals surface area contributed by atoms with Gasteiger partial charge in [0.1, 0.15) is 6.04 Å². The monoisotopic (exact) mass is 330 g/mol. The smallest absolute Gasteiger partial charge is 0.251 e. The molecule has 24 heavy (non-hydrogen) atoms. The van der Waals surface area contributed by atoms with Crippen molar-refractivity contribution >= 4 is 11.8 Å². The molecule has 4 nitrogen and oxygen atoms in total. The van der Waals surface area contributed by atoms with Crippen LogP contribution in [-0.2, 0) is 4.79 Å². The van der Waals surface area contributed by atoms with Crippen LogP contribution in [0.4, 0.5) is 0 Å². The van der Waals surface area contributed by atoms with E-state index >= 15 is 0 Å². The summed E-state index contributed by atoms with van der Waals surface area (Å²) in [5.74, 6) is -0.102. The number of amides is 2. The fraction of sp³-hybridized carbons (Fsp3) is 0.600. The third-order valence-corrected chi connectivity index (χ3v) is 5.00. The van der Waals surface area contributed by atoms with Gasteiger partial charge in [0.25, 0.3) is 5.91 Å². The lowest BCUT2D eigenvalue weighted by molar-refractivity contribution is -0.135. The molecule has 1 aromatic carbocycles. The summed E-state index contributed by atoms with van der Waals surface area (Å²) in [6.45, 7) is 5.95. The zero-order valence-corrected chi connectivity index (χ0v) is 15.3. The van der Waals surface area contributed by atoms with Gasteiger partial charge in [-0.15, -0.1) is 0 Å². The van der Waals surface area contributed by atoms with Gasteiger partial charge in [-0.1, -0.05) is 50.8 Å². The molecule has 1 saturated carbocycles. The molecule has 0 bridgehead atoms. The van der Waals surface area contributed by atoms with E-state index in [4.69, 9.17) is 0 Å². The van der Waals surface area contributed by atoms with Gasteiger partial charge in [-0.05, 0) is 37.8 Å². The van der Waals surface area contributed by atoms with Gasteiger partial charge in [0.05, 0.1) is 0 Å². The molecule has 1 N–H and O–H groups in total. The highest BCUT2D eigenvalue weighted by molar-refractivity contribution is 5.97. The molecule has 0 heterocycles. The third kappa shape index (κ3) is 4.59. The Morgan fingerprint density at radius 1 is 1.08 bits per heavy atom. The van der Waals surface area contributed by atoms with E-state index in [1.807, 2.05) is 44.9 Å². The lowest BCUT2D eigenvalue weighted by atomic mass is 9.93. The van der Waals surface area contributed by atoms with Gasteiger partial charge in [0.15, 0.2) is 0 Å². The number of nitrogens with zero attached hydrogens (tertiary/aromatic N) is 1. The first-order valence-corrected chi connectivity index (χ1v) is 9.04. The number of hydrogen-bond acceptors (Lipinski definition) is 2. The van der Waals surface area contributed by atoms with Crippen LogP contribution >= 0.6 is 0 Å². The lowest BCUT2D eigenvalue weighted by Gasteiger charge is -2.35. The van der Waals surface area contributed by atoms with Crippen molar-refractivity contribution in [2.24, 2.45) is 5.92 Å². The Morgan fingerprint density at radius 2 is 1.67 bits per heavy atom. The molecule has 0 saturated heterocycles. The van der Waals surface area contributed by atoms with Gasteiger partial charge in [-0.3, -0.25) is 9.59 Å². The summed E-state index contributed by atoms with van der Waals surface area (Å²) in [7, 11) is 1.88. The van der Waals surface area contributed by atoms with Crippen LogP contribution in [0.3, 0.4) is 0 Å². The van der Waals surface area contributed by atoms with Gasteiger partial charge in [0, 0.05) is 18.7 Å². The fourth-order valence-electron chi connectivity index (χ4n) is 3.31. The Kier molecular flexibility index (Phi) is 6.41. The maximum atomic E-state index is 12.9. The molecule has 0 aliphatic heterocycles. The minimum atomic E-state index is -0.481. The molecular formula is C20H30N2O2. The number of carbonyl (C=O) groups excluding carboxylic acids is 2. The van der Waals surface area contributed by atoms with E-state index in [2.05, 4.69) is 5.32 Å². The van der Waals surface area contributed by atoms with Crippen molar-refractivity contribution in [1.29, 1.82) is 0 Å². The van der Waals surface area contributed by atoms with Crippen LogP contribution in [0.2, 0.25) is 0 Å². The molecule has 1 fully saturated rings. The van der Waals surface area contributed by atoms with E-state index in [0.29, 0.717) is 11.6 Å². The van der Waals surface area contributed by atoms with Gasteiger partial charge in [-0.2, -0.15) is 0 Å². The molecule has 1 aromatic rings. The van der Waals surface area contributed by atoms with Crippen molar-refractivity contribution in [2.75, 3.05) is 7.05 Å². The number of carbonyl (C=O) groups is 2. The van der Waals surface area contributed by atoms with Crippen molar-refractivity contribution in [1.82, 2.24) is 10.2 Å². The van der Waals surface area contributed by atoms with Crippen LogP contribution in [0.15, 0.2) is 24.3 Å². The SMILES string of the molecule is Cc1ccc(C(=O)NC(C(=O)N(C)C2CCCCC2)C(C)C)cc1. The van der Waals surface area contributed by atoms with Crippen LogP contribution in [0.1, 0.15) is 61.9 Å². The topological polar surface area (TPSA) is 49.4 Å². The van der Waals surface area contributed by atoms with E-state index < -0.39 is 6.04 Å². The molecule has 1 atom stereocenters. The molecule has 1 aliphatic rings. The maximum absolute atomic E-state index is 12.9. The van der Waals surface area contributed by atoms with Crippen LogP contribution in [0.5, 0.6) is 0 Å². The predicted molar refractivity (Wildman–Crippen MR) is 96.9 cm³/mol. The number of nitrogens with one attached hydrogen (secondary N) is 1.